The number of unbranched alkanes of at least 4 members (excludes halogenated alkanes) is 1. The summed E-state index contributed by atoms with van der Waals surface area (Å²) in [5, 5.41) is 0. The molecule has 0 aromatic heterocycles. The zero-order valence-corrected chi connectivity index (χ0v) is 9.22. The van der Waals surface area contributed by atoms with Gasteiger partial charge in [-0.2, -0.15) is 0 Å². The molecule has 0 aromatic carbocycles. The first-order valence-electron chi connectivity index (χ1n) is 4.74. The van der Waals surface area contributed by atoms with Crippen LogP contribution in [0.1, 0.15) is 69.7 Å². The van der Waals surface area contributed by atoms with Crippen LogP contribution in [0.25, 0.3) is 0 Å². The minimum Gasteiger partial charge on any atom is -0.385 e. The second-order valence-corrected chi connectivity index (χ2v) is 2.80. The maximum Gasteiger partial charge on any atom is 0.0540 e. The minimum absolute atomic E-state index is 0. The predicted octanol–water partition coefficient (Wildman–Crippen LogP) is 5.41. The Hall–Kier alpha value is -0.0800. The number of methoxy groups -OCH3 is 2. The average Bonchev–Trinajstić information content (AvgIpc) is 2.14. The van der Waals surface area contributed by atoms with Crippen molar-refractivity contribution in [3.8, 4) is 0 Å². The monoisotopic (exact) mass is 240 g/mol. The van der Waals surface area contributed by atoms with E-state index in [1.807, 2.05) is 0 Å². The van der Waals surface area contributed by atoms with Gasteiger partial charge in [0, 0.05) is 20.8 Å². The summed E-state index contributed by atoms with van der Waals surface area (Å²) in [4.78, 5) is 0. The van der Waals surface area contributed by atoms with Crippen molar-refractivity contribution >= 4 is 0 Å². The molecule has 2 heteroatoms. The summed E-state index contributed by atoms with van der Waals surface area (Å²) in [6.45, 7) is 7.23. The molecule has 1 unspecified atom stereocenters. The van der Waals surface area contributed by atoms with Crippen molar-refractivity contribution in [2.24, 2.45) is 0 Å². The summed E-state index contributed by atoms with van der Waals surface area (Å²) >= 11 is 0. The fourth-order valence-corrected chi connectivity index (χ4v) is 0.455. The molecule has 16 heavy (non-hydrogen) atoms. The van der Waals surface area contributed by atoms with Crippen molar-refractivity contribution in [1.82, 2.24) is 0 Å². The van der Waals surface area contributed by atoms with Crippen LogP contribution in [0.3, 0.4) is 0 Å². The van der Waals surface area contributed by atoms with Crippen molar-refractivity contribution in [2.45, 2.75) is 75.8 Å². The van der Waals surface area contributed by atoms with Gasteiger partial charge in [-0.3, -0.25) is 0 Å². The first-order valence-corrected chi connectivity index (χ1v) is 4.74. The van der Waals surface area contributed by atoms with E-state index in [1.54, 1.807) is 14.2 Å². The summed E-state index contributed by atoms with van der Waals surface area (Å²) in [6.07, 6.45) is 3.96. The van der Waals surface area contributed by atoms with Crippen LogP contribution in [0.2, 0.25) is 0 Å². The van der Waals surface area contributed by atoms with Gasteiger partial charge in [-0.1, -0.05) is 50.0 Å². The zero-order valence-electron chi connectivity index (χ0n) is 9.22. The Morgan fingerprint density at radius 2 is 1.38 bits per heavy atom. The molecule has 0 fully saturated rings. The molecule has 0 saturated carbocycles. The quantitative estimate of drug-likeness (QED) is 0.598. The van der Waals surface area contributed by atoms with E-state index in [0.717, 1.165) is 13.0 Å². The molecule has 0 aliphatic carbocycles. The van der Waals surface area contributed by atoms with E-state index in [1.165, 1.54) is 12.8 Å². The lowest BCUT2D eigenvalue weighted by Crippen LogP contribution is -2.00. The summed E-state index contributed by atoms with van der Waals surface area (Å²) in [5.74, 6) is 0. The number of hydrogen-bond donors (Lipinski definition) is 0. The van der Waals surface area contributed by atoms with E-state index in [0.29, 0.717) is 6.10 Å². The lowest BCUT2D eigenvalue weighted by Gasteiger charge is -2.01. The van der Waals surface area contributed by atoms with Gasteiger partial charge < -0.3 is 9.47 Å². The maximum absolute atomic E-state index is 4.90. The highest BCUT2D eigenvalue weighted by Crippen LogP contribution is 1.89. The lowest BCUT2D eigenvalue weighted by molar-refractivity contribution is 0.115. The molecule has 0 spiro atoms. The van der Waals surface area contributed by atoms with Crippen molar-refractivity contribution in [2.75, 3.05) is 20.8 Å². The highest BCUT2D eigenvalue weighted by molar-refractivity contribution is 4.38. The Bertz CT molecular complexity index is 57.8. The third-order valence-corrected chi connectivity index (χ3v) is 1.68. The van der Waals surface area contributed by atoms with Crippen molar-refractivity contribution < 1.29 is 9.47 Å². The Morgan fingerprint density at radius 3 is 1.44 bits per heavy atom. The smallest absolute Gasteiger partial charge is 0.0540 e. The van der Waals surface area contributed by atoms with Crippen molar-refractivity contribution in [3.63, 3.8) is 0 Å². The molecule has 0 amide bonds. The molecule has 108 valence electrons. The fourth-order valence-electron chi connectivity index (χ4n) is 0.455. The molecule has 0 aromatic rings. The molecule has 0 N–H and O–H groups in total. The predicted molar refractivity (Wildman–Crippen MR) is 80.5 cm³/mol. The first kappa shape index (κ1) is 36.0. The molecule has 1 atom stereocenters. The highest BCUT2D eigenvalue weighted by atomic mass is 16.5. The Morgan fingerprint density at radius 1 is 0.938 bits per heavy atom. The van der Waals surface area contributed by atoms with Crippen molar-refractivity contribution in [3.05, 3.63) is 0 Å². The van der Waals surface area contributed by atoms with E-state index >= 15 is 0 Å². The van der Waals surface area contributed by atoms with Gasteiger partial charge in [0.2, 0.25) is 0 Å². The normalized spacial score (nSPS) is 8.81. The molecule has 2 nitrogen and oxygen atoms in total. The number of ether oxygens (including phenoxy) is 2. The molecule has 0 aliphatic rings. The Balaban J connectivity index is -0.0000000250. The van der Waals surface area contributed by atoms with Gasteiger partial charge in [0.05, 0.1) is 6.10 Å². The molecule has 0 aliphatic heterocycles. The highest BCUT2D eigenvalue weighted by Gasteiger charge is 1.88. The summed E-state index contributed by atoms with van der Waals surface area (Å²) in [7, 11) is 3.46. The molecule has 0 radical (unpaired) electrons. The molecular weight excluding hydrogens is 200 g/mol. The van der Waals surface area contributed by atoms with Crippen LogP contribution in [-0.2, 0) is 9.47 Å². The number of rotatable bonds is 5. The maximum atomic E-state index is 4.90. The van der Waals surface area contributed by atoms with E-state index in [-0.39, 0.29) is 29.7 Å². The second kappa shape index (κ2) is 36.3. The van der Waals surface area contributed by atoms with Crippen LogP contribution >= 0.6 is 0 Å². The summed E-state index contributed by atoms with van der Waals surface area (Å²) < 4.78 is 9.68. The summed E-state index contributed by atoms with van der Waals surface area (Å²) in [6, 6.07) is 0. The summed E-state index contributed by atoms with van der Waals surface area (Å²) in [5.41, 5.74) is 0. The standard InChI is InChI=1S/2C5H12O.4CH4/c1-4-5(2)6-3;1-3-4-5-6-2;;;;/h5H,4H2,1-3H3;3-5H2,1-2H3;4*1H4. The molecule has 0 rings (SSSR count). The SMILES string of the molecule is C.C.C.C.CCC(C)OC.CCCCOC. The molecule has 0 heterocycles. The van der Waals surface area contributed by atoms with Gasteiger partial charge in [-0.05, 0) is 19.8 Å². The van der Waals surface area contributed by atoms with Gasteiger partial charge >= 0.3 is 0 Å². The van der Waals surface area contributed by atoms with Crippen LogP contribution < -0.4 is 0 Å². The van der Waals surface area contributed by atoms with Crippen LogP contribution in [0, 0.1) is 0 Å². The van der Waals surface area contributed by atoms with Gasteiger partial charge in [0.15, 0.2) is 0 Å². The third kappa shape index (κ3) is 48.5. The Labute approximate surface area is 107 Å². The largest absolute Gasteiger partial charge is 0.385 e. The second-order valence-electron chi connectivity index (χ2n) is 2.80. The fraction of sp³-hybridized carbons (Fsp3) is 1.00. The van der Waals surface area contributed by atoms with Crippen LogP contribution in [-0.4, -0.2) is 26.9 Å². The van der Waals surface area contributed by atoms with Crippen LogP contribution in [0.15, 0.2) is 0 Å². The Kier molecular flexibility index (Phi) is 81.8. The van der Waals surface area contributed by atoms with E-state index in [9.17, 15) is 0 Å². The van der Waals surface area contributed by atoms with Gasteiger partial charge in [-0.15, -0.1) is 0 Å². The third-order valence-electron chi connectivity index (χ3n) is 1.68. The van der Waals surface area contributed by atoms with Gasteiger partial charge in [0.25, 0.3) is 0 Å². The van der Waals surface area contributed by atoms with Crippen LogP contribution in [0.4, 0.5) is 0 Å². The van der Waals surface area contributed by atoms with Crippen LogP contribution in [0.5, 0.6) is 0 Å². The first-order chi connectivity index (χ1) is 5.72. The zero-order chi connectivity index (χ0) is 9.82. The van der Waals surface area contributed by atoms with E-state index < -0.39 is 0 Å². The minimum atomic E-state index is 0. The van der Waals surface area contributed by atoms with Gasteiger partial charge in [-0.25, -0.2) is 0 Å². The van der Waals surface area contributed by atoms with E-state index in [2.05, 4.69) is 20.8 Å². The average molecular weight is 240 g/mol. The van der Waals surface area contributed by atoms with E-state index in [4.69, 9.17) is 9.47 Å². The topological polar surface area (TPSA) is 18.5 Å². The molecule has 0 bridgehead atoms. The lowest BCUT2D eigenvalue weighted by atomic mass is 10.3. The van der Waals surface area contributed by atoms with Gasteiger partial charge in [0.1, 0.15) is 0 Å². The number of hydrogen-bond acceptors (Lipinski definition) is 2. The van der Waals surface area contributed by atoms with Crippen molar-refractivity contribution in [1.29, 1.82) is 0 Å². The molecular formula is C14H40O2. The molecule has 0 saturated heterocycles.